The zero-order valence-electron chi connectivity index (χ0n) is 11.9. The molecule has 4 N–H and O–H groups in total. The SMILES string of the molecule is CC(C)C(=O)NC(NC(=S)Nc1ccccc1O)C(Cl)(Cl)Cl. The van der Waals surface area contributed by atoms with Crippen LogP contribution in [0.1, 0.15) is 13.8 Å². The van der Waals surface area contributed by atoms with Crippen molar-refractivity contribution < 1.29 is 9.90 Å². The number of anilines is 1. The fourth-order valence-corrected chi connectivity index (χ4v) is 1.93. The molecule has 1 amide bonds. The number of rotatable bonds is 4. The molecule has 0 saturated carbocycles. The molecule has 9 heteroatoms. The quantitative estimate of drug-likeness (QED) is 0.278. The first kappa shape index (κ1) is 19.1. The lowest BCUT2D eigenvalue weighted by Gasteiger charge is -2.28. The summed E-state index contributed by atoms with van der Waals surface area (Å²) >= 11 is 22.6. The fraction of sp³-hybridized carbons (Fsp3) is 0.385. The highest BCUT2D eigenvalue weighted by Gasteiger charge is 2.35. The van der Waals surface area contributed by atoms with Crippen LogP contribution in [0, 0.1) is 5.92 Å². The van der Waals surface area contributed by atoms with Crippen molar-refractivity contribution in [2.75, 3.05) is 5.32 Å². The lowest BCUT2D eigenvalue weighted by Crippen LogP contribution is -2.56. The number of para-hydroxylation sites is 2. The van der Waals surface area contributed by atoms with E-state index in [9.17, 15) is 9.90 Å². The Balaban J connectivity index is 2.75. The largest absolute Gasteiger partial charge is 0.506 e. The molecule has 0 aliphatic carbocycles. The molecule has 1 aromatic rings. The molecule has 1 rings (SSSR count). The molecule has 1 unspecified atom stereocenters. The van der Waals surface area contributed by atoms with Gasteiger partial charge in [-0.3, -0.25) is 4.79 Å². The lowest BCUT2D eigenvalue weighted by atomic mass is 10.2. The molecule has 0 radical (unpaired) electrons. The normalized spacial score (nSPS) is 12.6. The van der Waals surface area contributed by atoms with Crippen LogP contribution in [0.25, 0.3) is 0 Å². The van der Waals surface area contributed by atoms with E-state index in [-0.39, 0.29) is 22.7 Å². The Hall–Kier alpha value is -0.950. The highest BCUT2D eigenvalue weighted by atomic mass is 35.6. The maximum Gasteiger partial charge on any atom is 0.228 e. The third-order valence-electron chi connectivity index (χ3n) is 2.57. The third-order valence-corrected chi connectivity index (χ3v) is 3.44. The van der Waals surface area contributed by atoms with Crippen LogP contribution in [0.5, 0.6) is 5.75 Å². The van der Waals surface area contributed by atoms with Crippen LogP contribution in [0.4, 0.5) is 5.69 Å². The predicted octanol–water partition coefficient (Wildman–Crippen LogP) is 3.15. The Morgan fingerprint density at radius 3 is 2.32 bits per heavy atom. The predicted molar refractivity (Wildman–Crippen MR) is 94.5 cm³/mol. The Bertz CT molecular complexity index is 550. The third kappa shape index (κ3) is 6.04. The van der Waals surface area contributed by atoms with Crippen molar-refractivity contribution in [3.8, 4) is 5.75 Å². The molecule has 1 aromatic carbocycles. The first-order valence-corrected chi connectivity index (χ1v) is 7.88. The molecule has 0 aliphatic heterocycles. The van der Waals surface area contributed by atoms with Gasteiger partial charge in [-0.05, 0) is 24.4 Å². The molecule has 0 bridgehead atoms. The highest BCUT2D eigenvalue weighted by Crippen LogP contribution is 2.29. The zero-order chi connectivity index (χ0) is 16.9. The average Bonchev–Trinajstić information content (AvgIpc) is 2.39. The van der Waals surface area contributed by atoms with Crippen molar-refractivity contribution in [1.29, 1.82) is 0 Å². The molecule has 0 fully saturated rings. The number of hydrogen-bond donors (Lipinski definition) is 4. The van der Waals surface area contributed by atoms with E-state index in [1.54, 1.807) is 32.0 Å². The van der Waals surface area contributed by atoms with E-state index < -0.39 is 9.96 Å². The molecule has 122 valence electrons. The number of aromatic hydroxyl groups is 1. The standard InChI is InChI=1S/C13H16Cl3N3O2S/c1-7(2)10(21)18-11(13(14,15)16)19-12(22)17-8-5-3-4-6-9(8)20/h3-7,11,20H,1-2H3,(H,18,21)(H2,17,19,22). The van der Waals surface area contributed by atoms with Crippen molar-refractivity contribution in [3.05, 3.63) is 24.3 Å². The van der Waals surface area contributed by atoms with Crippen molar-refractivity contribution in [2.24, 2.45) is 5.92 Å². The van der Waals surface area contributed by atoms with Crippen LogP contribution in [-0.4, -0.2) is 26.1 Å². The van der Waals surface area contributed by atoms with E-state index in [0.717, 1.165) is 0 Å². The molecule has 0 aliphatic rings. The van der Waals surface area contributed by atoms with Gasteiger partial charge in [0.15, 0.2) is 5.11 Å². The van der Waals surface area contributed by atoms with E-state index in [4.69, 9.17) is 47.0 Å². The first-order valence-electron chi connectivity index (χ1n) is 6.34. The van der Waals surface area contributed by atoms with Gasteiger partial charge in [0.25, 0.3) is 0 Å². The Labute approximate surface area is 149 Å². The second-order valence-electron chi connectivity index (χ2n) is 4.75. The number of phenolic OH excluding ortho intramolecular Hbond substituents is 1. The summed E-state index contributed by atoms with van der Waals surface area (Å²) < 4.78 is -1.81. The summed E-state index contributed by atoms with van der Waals surface area (Å²) in [6.45, 7) is 3.42. The van der Waals surface area contributed by atoms with Crippen LogP contribution in [-0.2, 0) is 4.79 Å². The number of carbonyl (C=O) groups is 1. The lowest BCUT2D eigenvalue weighted by molar-refractivity contribution is -0.124. The van der Waals surface area contributed by atoms with Crippen molar-refractivity contribution in [2.45, 2.75) is 23.8 Å². The number of halogens is 3. The van der Waals surface area contributed by atoms with Gasteiger partial charge in [-0.2, -0.15) is 0 Å². The summed E-state index contributed by atoms with van der Waals surface area (Å²) in [4.78, 5) is 11.8. The molecule has 22 heavy (non-hydrogen) atoms. The minimum absolute atomic E-state index is 0.0169. The molecule has 1 atom stereocenters. The van der Waals surface area contributed by atoms with Crippen molar-refractivity contribution >= 4 is 63.7 Å². The molecule has 5 nitrogen and oxygen atoms in total. The van der Waals surface area contributed by atoms with E-state index in [0.29, 0.717) is 5.69 Å². The van der Waals surface area contributed by atoms with E-state index >= 15 is 0 Å². The van der Waals surface area contributed by atoms with Gasteiger partial charge in [-0.1, -0.05) is 60.8 Å². The maximum absolute atomic E-state index is 11.8. The summed E-state index contributed by atoms with van der Waals surface area (Å²) in [5, 5.41) is 17.8. The highest BCUT2D eigenvalue weighted by molar-refractivity contribution is 7.80. The minimum atomic E-state index is -1.81. The molecule has 0 aromatic heterocycles. The summed E-state index contributed by atoms with van der Waals surface area (Å²) in [7, 11) is 0. The minimum Gasteiger partial charge on any atom is -0.506 e. The number of hydrogen-bond acceptors (Lipinski definition) is 3. The van der Waals surface area contributed by atoms with Gasteiger partial charge in [-0.15, -0.1) is 0 Å². The number of phenols is 1. The summed E-state index contributed by atoms with van der Waals surface area (Å²) in [5.41, 5.74) is 0.387. The second-order valence-corrected chi connectivity index (χ2v) is 7.53. The molecule has 0 spiro atoms. The van der Waals surface area contributed by atoms with Crippen molar-refractivity contribution in [1.82, 2.24) is 10.6 Å². The number of amides is 1. The Kier molecular flexibility index (Phi) is 6.99. The Morgan fingerprint density at radius 2 is 1.82 bits per heavy atom. The monoisotopic (exact) mass is 383 g/mol. The molecule has 0 saturated heterocycles. The van der Waals surface area contributed by atoms with E-state index in [1.165, 1.54) is 6.07 Å². The number of carbonyl (C=O) groups excluding carboxylic acids is 1. The van der Waals surface area contributed by atoms with Crippen LogP contribution in [0.2, 0.25) is 0 Å². The summed E-state index contributed by atoms with van der Waals surface area (Å²) in [6.07, 6.45) is -1.03. The van der Waals surface area contributed by atoms with Gasteiger partial charge in [0.2, 0.25) is 9.70 Å². The van der Waals surface area contributed by atoms with Gasteiger partial charge in [-0.25, -0.2) is 0 Å². The number of alkyl halides is 3. The van der Waals surface area contributed by atoms with Gasteiger partial charge >= 0.3 is 0 Å². The molecule has 0 heterocycles. The number of nitrogens with one attached hydrogen (secondary N) is 3. The summed E-state index contributed by atoms with van der Waals surface area (Å²) in [6, 6.07) is 6.51. The van der Waals surface area contributed by atoms with Gasteiger partial charge in [0.1, 0.15) is 11.9 Å². The maximum atomic E-state index is 11.8. The van der Waals surface area contributed by atoms with Gasteiger partial charge in [0.05, 0.1) is 5.69 Å². The smallest absolute Gasteiger partial charge is 0.228 e. The molecular weight excluding hydrogens is 369 g/mol. The second kappa shape index (κ2) is 8.06. The van der Waals surface area contributed by atoms with Crippen LogP contribution < -0.4 is 16.0 Å². The Morgan fingerprint density at radius 1 is 1.23 bits per heavy atom. The van der Waals surface area contributed by atoms with Crippen LogP contribution >= 0.6 is 47.0 Å². The van der Waals surface area contributed by atoms with Crippen LogP contribution in [0.3, 0.4) is 0 Å². The topological polar surface area (TPSA) is 73.4 Å². The van der Waals surface area contributed by atoms with E-state index in [2.05, 4.69) is 16.0 Å². The summed E-state index contributed by atoms with van der Waals surface area (Å²) in [5.74, 6) is -0.561. The van der Waals surface area contributed by atoms with Gasteiger partial charge < -0.3 is 21.1 Å². The number of benzene rings is 1. The number of thiocarbonyl (C=S) groups is 1. The van der Waals surface area contributed by atoms with E-state index in [1.807, 2.05) is 0 Å². The fourth-order valence-electron chi connectivity index (χ4n) is 1.38. The van der Waals surface area contributed by atoms with Gasteiger partial charge in [0, 0.05) is 5.92 Å². The first-order chi connectivity index (χ1) is 10.1. The molecular formula is C13H16Cl3N3O2S. The van der Waals surface area contributed by atoms with Crippen molar-refractivity contribution in [3.63, 3.8) is 0 Å². The zero-order valence-corrected chi connectivity index (χ0v) is 14.9. The van der Waals surface area contributed by atoms with Crippen LogP contribution in [0.15, 0.2) is 24.3 Å². The average molecular weight is 385 g/mol.